The molecule has 0 heterocycles. The van der Waals surface area contributed by atoms with E-state index in [0.29, 0.717) is 6.04 Å². The van der Waals surface area contributed by atoms with Crippen LogP contribution in [0.25, 0.3) is 0 Å². The molecule has 13 heavy (non-hydrogen) atoms. The molecule has 0 aromatic heterocycles. The number of nitrogens with one attached hydrogen (secondary N) is 1. The third-order valence-corrected chi connectivity index (χ3v) is 1.93. The molecule has 76 valence electrons. The van der Waals surface area contributed by atoms with Crippen molar-refractivity contribution in [3.63, 3.8) is 0 Å². The zero-order valence-corrected chi connectivity index (χ0v) is 8.60. The summed E-state index contributed by atoms with van der Waals surface area (Å²) in [6, 6.07) is 0.371. The van der Waals surface area contributed by atoms with E-state index >= 15 is 0 Å². The lowest BCUT2D eigenvalue weighted by molar-refractivity contribution is 0.188. The molecule has 0 aliphatic carbocycles. The number of nitrogens with two attached hydrogens (primary N) is 1. The van der Waals surface area contributed by atoms with Crippen molar-refractivity contribution in [3.05, 3.63) is 0 Å². The molecular formula is C10H20N2O. The number of hydrogen-bond donors (Lipinski definition) is 2. The van der Waals surface area contributed by atoms with Crippen LogP contribution in [0.5, 0.6) is 0 Å². The fraction of sp³-hybridized carbons (Fsp3) is 0.800. The number of hydrazine groups is 1. The normalized spacial score (nSPS) is 11.9. The van der Waals surface area contributed by atoms with Crippen molar-refractivity contribution >= 4 is 0 Å². The maximum Gasteiger partial charge on any atom is 0.0462 e. The van der Waals surface area contributed by atoms with Gasteiger partial charge >= 0.3 is 0 Å². The summed E-state index contributed by atoms with van der Waals surface area (Å²) in [5, 5.41) is 0. The first kappa shape index (κ1) is 12.4. The number of methoxy groups -OCH3 is 1. The lowest BCUT2D eigenvalue weighted by Crippen LogP contribution is -2.35. The van der Waals surface area contributed by atoms with E-state index < -0.39 is 0 Å². The highest BCUT2D eigenvalue weighted by Crippen LogP contribution is 2.03. The highest BCUT2D eigenvalue weighted by atomic mass is 16.5. The van der Waals surface area contributed by atoms with Crippen LogP contribution in [0.2, 0.25) is 0 Å². The predicted molar refractivity (Wildman–Crippen MR) is 54.9 cm³/mol. The highest BCUT2D eigenvalue weighted by Gasteiger charge is 2.04. The van der Waals surface area contributed by atoms with E-state index in [1.54, 1.807) is 7.11 Å². The zero-order chi connectivity index (χ0) is 9.94. The van der Waals surface area contributed by atoms with Crippen LogP contribution in [0.15, 0.2) is 0 Å². The van der Waals surface area contributed by atoms with Crippen LogP contribution in [-0.4, -0.2) is 19.8 Å². The van der Waals surface area contributed by atoms with Crippen molar-refractivity contribution in [2.75, 3.05) is 13.7 Å². The topological polar surface area (TPSA) is 47.3 Å². The third kappa shape index (κ3) is 7.79. The molecule has 0 rings (SSSR count). The first-order valence-electron chi connectivity index (χ1n) is 4.69. The summed E-state index contributed by atoms with van der Waals surface area (Å²) >= 11 is 0. The van der Waals surface area contributed by atoms with Crippen LogP contribution in [0.3, 0.4) is 0 Å². The van der Waals surface area contributed by atoms with Crippen molar-refractivity contribution in [1.82, 2.24) is 5.43 Å². The standard InChI is InChI=1S/C10H20N2O/c1-3-4-5-7-10(12-11)8-6-9-13-2/h10,12H,5-9,11H2,1-2H3. The first-order valence-corrected chi connectivity index (χ1v) is 4.69. The Balaban J connectivity index is 3.43. The molecule has 0 spiro atoms. The predicted octanol–water partition coefficient (Wildman–Crippen LogP) is 1.05. The monoisotopic (exact) mass is 184 g/mol. The van der Waals surface area contributed by atoms with Gasteiger partial charge in [-0.2, -0.15) is 0 Å². The third-order valence-electron chi connectivity index (χ3n) is 1.93. The molecule has 0 fully saturated rings. The van der Waals surface area contributed by atoms with E-state index in [1.165, 1.54) is 0 Å². The second-order valence-electron chi connectivity index (χ2n) is 2.96. The van der Waals surface area contributed by atoms with Crippen molar-refractivity contribution < 1.29 is 4.74 Å². The minimum atomic E-state index is 0.371. The number of hydrogen-bond acceptors (Lipinski definition) is 3. The Morgan fingerprint density at radius 3 is 2.77 bits per heavy atom. The Bertz CT molecular complexity index is 160. The van der Waals surface area contributed by atoms with Crippen molar-refractivity contribution in [1.29, 1.82) is 0 Å². The highest BCUT2D eigenvalue weighted by molar-refractivity contribution is 4.95. The van der Waals surface area contributed by atoms with Gasteiger partial charge in [0.1, 0.15) is 0 Å². The summed E-state index contributed by atoms with van der Waals surface area (Å²) in [7, 11) is 1.72. The number of ether oxygens (including phenoxy) is 1. The Morgan fingerprint density at radius 2 is 2.23 bits per heavy atom. The van der Waals surface area contributed by atoms with Gasteiger partial charge in [0.05, 0.1) is 0 Å². The van der Waals surface area contributed by atoms with Crippen LogP contribution in [-0.2, 0) is 4.74 Å². The maximum atomic E-state index is 5.40. The average Bonchev–Trinajstić information content (AvgIpc) is 2.16. The Morgan fingerprint density at radius 1 is 1.46 bits per heavy atom. The fourth-order valence-corrected chi connectivity index (χ4v) is 1.16. The van der Waals surface area contributed by atoms with Gasteiger partial charge in [-0.25, -0.2) is 0 Å². The summed E-state index contributed by atoms with van der Waals surface area (Å²) in [4.78, 5) is 0. The smallest absolute Gasteiger partial charge is 0.0462 e. The molecule has 0 saturated heterocycles. The second-order valence-corrected chi connectivity index (χ2v) is 2.96. The van der Waals surface area contributed by atoms with E-state index in [-0.39, 0.29) is 0 Å². The number of rotatable bonds is 7. The quantitative estimate of drug-likeness (QED) is 0.269. The maximum absolute atomic E-state index is 5.40. The van der Waals surface area contributed by atoms with E-state index in [0.717, 1.165) is 32.3 Å². The summed E-state index contributed by atoms with van der Waals surface area (Å²) < 4.78 is 4.97. The molecule has 0 bridgehead atoms. The van der Waals surface area contributed by atoms with E-state index in [2.05, 4.69) is 17.3 Å². The average molecular weight is 184 g/mol. The van der Waals surface area contributed by atoms with Gasteiger partial charge < -0.3 is 4.74 Å². The van der Waals surface area contributed by atoms with Gasteiger partial charge in [0.2, 0.25) is 0 Å². The lowest BCUT2D eigenvalue weighted by Gasteiger charge is -2.13. The molecule has 0 radical (unpaired) electrons. The largest absolute Gasteiger partial charge is 0.385 e. The van der Waals surface area contributed by atoms with Crippen LogP contribution in [0.1, 0.15) is 32.6 Å². The molecule has 0 saturated carbocycles. The van der Waals surface area contributed by atoms with Gasteiger partial charge in [-0.05, 0) is 26.2 Å². The molecule has 3 N–H and O–H groups in total. The summed E-state index contributed by atoms with van der Waals surface area (Å²) in [6.45, 7) is 2.66. The molecule has 0 aromatic rings. The van der Waals surface area contributed by atoms with Gasteiger partial charge in [-0.3, -0.25) is 11.3 Å². The van der Waals surface area contributed by atoms with Gasteiger partial charge in [0.15, 0.2) is 0 Å². The van der Waals surface area contributed by atoms with Gasteiger partial charge in [-0.1, -0.05) is 0 Å². The minimum absolute atomic E-state index is 0.371. The SMILES string of the molecule is CC#CCCC(CCCOC)NN. The fourth-order valence-electron chi connectivity index (χ4n) is 1.16. The summed E-state index contributed by atoms with van der Waals surface area (Å²) in [5.41, 5.74) is 2.80. The first-order chi connectivity index (χ1) is 6.35. The Kier molecular flexibility index (Phi) is 9.12. The lowest BCUT2D eigenvalue weighted by atomic mass is 10.1. The minimum Gasteiger partial charge on any atom is -0.385 e. The van der Waals surface area contributed by atoms with Crippen LogP contribution in [0.4, 0.5) is 0 Å². The van der Waals surface area contributed by atoms with E-state index in [9.17, 15) is 0 Å². The summed E-state index contributed by atoms with van der Waals surface area (Å²) in [6.07, 6.45) is 4.03. The molecule has 1 atom stereocenters. The Labute approximate surface area is 81.0 Å². The van der Waals surface area contributed by atoms with Gasteiger partial charge in [0, 0.05) is 26.2 Å². The molecule has 0 aliphatic heterocycles. The van der Waals surface area contributed by atoms with Gasteiger partial charge in [-0.15, -0.1) is 11.8 Å². The second kappa shape index (κ2) is 9.53. The zero-order valence-electron chi connectivity index (χ0n) is 8.60. The summed E-state index contributed by atoms with van der Waals surface area (Å²) in [5.74, 6) is 11.3. The molecule has 1 unspecified atom stereocenters. The molecular weight excluding hydrogens is 164 g/mol. The molecule has 0 aromatic carbocycles. The molecule has 3 heteroatoms. The Hall–Kier alpha value is -0.560. The van der Waals surface area contributed by atoms with Crippen molar-refractivity contribution in [2.24, 2.45) is 5.84 Å². The van der Waals surface area contributed by atoms with E-state index in [1.807, 2.05) is 6.92 Å². The van der Waals surface area contributed by atoms with E-state index in [4.69, 9.17) is 10.6 Å². The molecule has 0 aliphatic rings. The van der Waals surface area contributed by atoms with Gasteiger partial charge in [0.25, 0.3) is 0 Å². The van der Waals surface area contributed by atoms with Crippen LogP contribution >= 0.6 is 0 Å². The van der Waals surface area contributed by atoms with Crippen LogP contribution < -0.4 is 11.3 Å². The van der Waals surface area contributed by atoms with Crippen LogP contribution in [0, 0.1) is 11.8 Å². The van der Waals surface area contributed by atoms with Crippen molar-refractivity contribution in [3.8, 4) is 11.8 Å². The molecule has 3 nitrogen and oxygen atoms in total. The molecule has 0 amide bonds. The van der Waals surface area contributed by atoms with Crippen molar-refractivity contribution in [2.45, 2.75) is 38.6 Å².